The zero-order valence-corrected chi connectivity index (χ0v) is 19.5. The number of nitrogens with one attached hydrogen (secondary N) is 1. The molecule has 0 radical (unpaired) electrons. The van der Waals surface area contributed by atoms with Gasteiger partial charge in [-0.15, -0.1) is 0 Å². The van der Waals surface area contributed by atoms with Crippen molar-refractivity contribution in [3.05, 3.63) is 68.3 Å². The lowest BCUT2D eigenvalue weighted by atomic mass is 10.0. The van der Waals surface area contributed by atoms with E-state index in [1.807, 2.05) is 53.7 Å². The fourth-order valence-electron chi connectivity index (χ4n) is 3.62. The maximum Gasteiger partial charge on any atom is 0.330 e. The van der Waals surface area contributed by atoms with Crippen LogP contribution >= 0.6 is 0 Å². The summed E-state index contributed by atoms with van der Waals surface area (Å²) in [6.07, 6.45) is 3.41. The van der Waals surface area contributed by atoms with Crippen LogP contribution in [-0.4, -0.2) is 36.4 Å². The Balaban J connectivity index is 2.27. The highest BCUT2D eigenvalue weighted by molar-refractivity contribution is 6.05. The van der Waals surface area contributed by atoms with Gasteiger partial charge in [-0.2, -0.15) is 0 Å². The summed E-state index contributed by atoms with van der Waals surface area (Å²) in [6.45, 7) is 12.5. The molecule has 0 bridgehead atoms. The van der Waals surface area contributed by atoms with E-state index in [2.05, 4.69) is 15.0 Å². The Morgan fingerprint density at radius 1 is 1.16 bits per heavy atom. The Morgan fingerprint density at radius 3 is 2.44 bits per heavy atom. The second-order valence-electron chi connectivity index (χ2n) is 9.10. The number of aromatic nitrogens is 4. The molecule has 0 atom stereocenters. The van der Waals surface area contributed by atoms with Gasteiger partial charge < -0.3 is 4.90 Å². The molecule has 1 amide bonds. The summed E-state index contributed by atoms with van der Waals surface area (Å²) >= 11 is 0. The first-order valence-corrected chi connectivity index (χ1v) is 11.0. The van der Waals surface area contributed by atoms with E-state index in [4.69, 9.17) is 0 Å². The maximum absolute atomic E-state index is 13.8. The summed E-state index contributed by atoms with van der Waals surface area (Å²) in [5.74, 6) is -0.111. The summed E-state index contributed by atoms with van der Waals surface area (Å²) in [4.78, 5) is 52.2. The van der Waals surface area contributed by atoms with Gasteiger partial charge in [-0.3, -0.25) is 24.1 Å². The molecule has 8 nitrogen and oxygen atoms in total. The number of H-pyrrole nitrogens is 1. The molecule has 0 fully saturated rings. The number of carbonyl (C=O) groups is 1. The van der Waals surface area contributed by atoms with Gasteiger partial charge in [0.15, 0.2) is 5.65 Å². The van der Waals surface area contributed by atoms with Gasteiger partial charge >= 0.3 is 5.69 Å². The van der Waals surface area contributed by atoms with Crippen molar-refractivity contribution >= 4 is 16.9 Å². The van der Waals surface area contributed by atoms with Crippen LogP contribution in [0.1, 0.15) is 69.1 Å². The summed E-state index contributed by atoms with van der Waals surface area (Å²) in [6, 6.07) is 5.31. The number of aromatic amines is 1. The monoisotopic (exact) mass is 437 g/mol. The van der Waals surface area contributed by atoms with Gasteiger partial charge in [-0.1, -0.05) is 33.8 Å². The van der Waals surface area contributed by atoms with E-state index in [9.17, 15) is 14.4 Å². The van der Waals surface area contributed by atoms with Crippen LogP contribution in [0.3, 0.4) is 0 Å². The lowest BCUT2D eigenvalue weighted by molar-refractivity contribution is 0.0692. The van der Waals surface area contributed by atoms with Crippen molar-refractivity contribution in [1.29, 1.82) is 0 Å². The number of hydrogen-bond donors (Lipinski definition) is 1. The average Bonchev–Trinajstić information content (AvgIpc) is 2.73. The van der Waals surface area contributed by atoms with E-state index in [0.717, 1.165) is 5.56 Å². The van der Waals surface area contributed by atoms with Gasteiger partial charge in [0.25, 0.3) is 11.5 Å². The molecule has 0 aliphatic rings. The molecule has 1 N–H and O–H groups in total. The Bertz CT molecular complexity index is 1230. The number of carbonyl (C=O) groups excluding carboxylic acids is 1. The molecule has 0 aliphatic heterocycles. The second-order valence-corrected chi connectivity index (χ2v) is 9.10. The maximum atomic E-state index is 13.8. The molecular weight excluding hydrogens is 406 g/mol. The van der Waals surface area contributed by atoms with Crippen molar-refractivity contribution < 1.29 is 4.79 Å². The standard InChI is InChI=1S/C24H31N5O3/c1-14(2)12-29-21-20(22(30)27-24(29)32)18(10-19(26-21)15(3)4)23(31)28(16(5)6)13-17-8-7-9-25-11-17/h7-11,14-16H,12-13H2,1-6H3,(H,27,30,32). The number of nitrogens with zero attached hydrogens (tertiary/aromatic N) is 4. The molecular formula is C24H31N5O3. The Hall–Kier alpha value is -3.29. The quantitative estimate of drug-likeness (QED) is 0.611. The van der Waals surface area contributed by atoms with E-state index >= 15 is 0 Å². The molecule has 0 saturated carbocycles. The molecule has 3 rings (SSSR count). The van der Waals surface area contributed by atoms with Gasteiger partial charge in [-0.25, -0.2) is 9.78 Å². The van der Waals surface area contributed by atoms with E-state index in [1.165, 1.54) is 4.57 Å². The number of rotatable bonds is 7. The van der Waals surface area contributed by atoms with Crippen molar-refractivity contribution in [2.75, 3.05) is 0 Å². The first kappa shape index (κ1) is 23.4. The molecule has 8 heteroatoms. The van der Waals surface area contributed by atoms with Crippen LogP contribution in [0.5, 0.6) is 0 Å². The normalized spacial score (nSPS) is 11.7. The van der Waals surface area contributed by atoms with Crippen LogP contribution in [0.15, 0.2) is 40.2 Å². The topological polar surface area (TPSA) is 101 Å². The van der Waals surface area contributed by atoms with Gasteiger partial charge in [0.05, 0.1) is 10.9 Å². The molecule has 3 heterocycles. The summed E-state index contributed by atoms with van der Waals surface area (Å²) in [5, 5.41) is 0.150. The largest absolute Gasteiger partial charge is 0.332 e. The van der Waals surface area contributed by atoms with E-state index in [0.29, 0.717) is 18.8 Å². The first-order chi connectivity index (χ1) is 15.1. The molecule has 0 aliphatic carbocycles. The predicted octanol–water partition coefficient (Wildman–Crippen LogP) is 3.31. The number of hydrogen-bond acceptors (Lipinski definition) is 5. The highest BCUT2D eigenvalue weighted by Gasteiger charge is 2.26. The van der Waals surface area contributed by atoms with Crippen molar-refractivity contribution in [3.63, 3.8) is 0 Å². The first-order valence-electron chi connectivity index (χ1n) is 11.0. The third-order valence-corrected chi connectivity index (χ3v) is 5.30. The highest BCUT2D eigenvalue weighted by Crippen LogP contribution is 2.23. The molecule has 0 spiro atoms. The molecule has 0 aromatic carbocycles. The van der Waals surface area contributed by atoms with Crippen molar-refractivity contribution in [1.82, 2.24) is 24.4 Å². The minimum atomic E-state index is -0.596. The van der Waals surface area contributed by atoms with Crippen LogP contribution < -0.4 is 11.2 Å². The lowest BCUT2D eigenvalue weighted by Gasteiger charge is -2.27. The number of amides is 1. The van der Waals surface area contributed by atoms with Crippen LogP contribution in [0.25, 0.3) is 11.0 Å². The summed E-state index contributed by atoms with van der Waals surface area (Å²) < 4.78 is 1.46. The Morgan fingerprint density at radius 2 is 1.88 bits per heavy atom. The summed E-state index contributed by atoms with van der Waals surface area (Å²) in [7, 11) is 0. The lowest BCUT2D eigenvalue weighted by Crippen LogP contribution is -2.38. The average molecular weight is 438 g/mol. The molecule has 32 heavy (non-hydrogen) atoms. The zero-order valence-electron chi connectivity index (χ0n) is 19.5. The van der Waals surface area contributed by atoms with Crippen molar-refractivity contribution in [2.24, 2.45) is 5.92 Å². The third-order valence-electron chi connectivity index (χ3n) is 5.30. The van der Waals surface area contributed by atoms with Gasteiger partial charge in [0.1, 0.15) is 0 Å². The van der Waals surface area contributed by atoms with E-state index < -0.39 is 11.2 Å². The third kappa shape index (κ3) is 4.79. The van der Waals surface area contributed by atoms with Gasteiger partial charge in [-0.05, 0) is 43.4 Å². The predicted molar refractivity (Wildman–Crippen MR) is 125 cm³/mol. The van der Waals surface area contributed by atoms with Gasteiger partial charge in [0, 0.05) is 37.2 Å². The second kappa shape index (κ2) is 9.46. The van der Waals surface area contributed by atoms with Crippen LogP contribution in [0.4, 0.5) is 0 Å². The SMILES string of the molecule is CC(C)Cn1c(=O)[nH]c(=O)c2c(C(=O)N(Cc3cccnc3)C(C)C)cc(C(C)C)nc21. The minimum absolute atomic E-state index is 0.0127. The fraction of sp³-hybridized carbons (Fsp3) is 0.458. The zero-order chi connectivity index (χ0) is 23.6. The van der Waals surface area contributed by atoms with Crippen LogP contribution in [0, 0.1) is 5.92 Å². The summed E-state index contributed by atoms with van der Waals surface area (Å²) in [5.41, 5.74) is 0.957. The molecule has 3 aromatic heterocycles. The van der Waals surface area contributed by atoms with Gasteiger partial charge in [0.2, 0.25) is 0 Å². The number of pyridine rings is 2. The smallest absolute Gasteiger partial charge is 0.330 e. The van der Waals surface area contributed by atoms with Crippen LogP contribution in [0.2, 0.25) is 0 Å². The Labute approximate surface area is 187 Å². The molecule has 0 unspecified atom stereocenters. The molecule has 170 valence electrons. The van der Waals surface area contributed by atoms with Crippen molar-refractivity contribution in [2.45, 2.75) is 66.6 Å². The van der Waals surface area contributed by atoms with Crippen LogP contribution in [-0.2, 0) is 13.1 Å². The Kier molecular flexibility index (Phi) is 6.91. The molecule has 0 saturated heterocycles. The fourth-order valence-corrected chi connectivity index (χ4v) is 3.62. The highest BCUT2D eigenvalue weighted by atomic mass is 16.2. The van der Waals surface area contributed by atoms with E-state index in [1.54, 1.807) is 23.4 Å². The van der Waals surface area contributed by atoms with Crippen molar-refractivity contribution in [3.8, 4) is 0 Å². The molecule has 3 aromatic rings. The van der Waals surface area contributed by atoms with E-state index in [-0.39, 0.29) is 40.4 Å². The minimum Gasteiger partial charge on any atom is -0.332 e. The number of fused-ring (bicyclic) bond motifs is 1.